The van der Waals surface area contributed by atoms with Crippen LogP contribution in [0.2, 0.25) is 0 Å². The molecule has 0 saturated carbocycles. The third-order valence-corrected chi connectivity index (χ3v) is 2.18. The average molecular weight is 164 g/mol. The van der Waals surface area contributed by atoms with Crippen molar-refractivity contribution in [1.29, 1.82) is 0 Å². The quantitative estimate of drug-likeness (QED) is 0.585. The zero-order valence-electron chi connectivity index (χ0n) is 7.26. The van der Waals surface area contributed by atoms with E-state index in [1.54, 1.807) is 0 Å². The molecule has 1 aromatic rings. The standard InChI is InChI=1S/C8H12N4/c1-5-11-7-6(9)3-4-10-8(7)12(5)2/h3,10H,4,9H2,1-2H3. The topological polar surface area (TPSA) is 55.9 Å². The van der Waals surface area contributed by atoms with Crippen molar-refractivity contribution < 1.29 is 0 Å². The van der Waals surface area contributed by atoms with E-state index in [2.05, 4.69) is 10.3 Å². The van der Waals surface area contributed by atoms with E-state index < -0.39 is 0 Å². The monoisotopic (exact) mass is 164 g/mol. The Morgan fingerprint density at radius 3 is 3.08 bits per heavy atom. The molecule has 0 unspecified atom stereocenters. The highest BCUT2D eigenvalue weighted by atomic mass is 15.2. The van der Waals surface area contributed by atoms with Gasteiger partial charge in [-0.3, -0.25) is 0 Å². The van der Waals surface area contributed by atoms with Gasteiger partial charge in [0.05, 0.1) is 5.70 Å². The number of nitrogens with two attached hydrogens (primary N) is 1. The Morgan fingerprint density at radius 2 is 2.42 bits per heavy atom. The van der Waals surface area contributed by atoms with Gasteiger partial charge in [-0.2, -0.15) is 0 Å². The van der Waals surface area contributed by atoms with E-state index in [9.17, 15) is 0 Å². The molecule has 0 saturated heterocycles. The number of rotatable bonds is 0. The second-order valence-corrected chi connectivity index (χ2v) is 2.96. The lowest BCUT2D eigenvalue weighted by Crippen LogP contribution is -2.13. The maximum absolute atomic E-state index is 5.77. The van der Waals surface area contributed by atoms with Crippen LogP contribution < -0.4 is 11.1 Å². The maximum Gasteiger partial charge on any atom is 0.135 e. The van der Waals surface area contributed by atoms with Gasteiger partial charge in [0.1, 0.15) is 17.3 Å². The molecule has 0 spiro atoms. The van der Waals surface area contributed by atoms with Crippen LogP contribution in [0.1, 0.15) is 11.5 Å². The number of hydrogen-bond donors (Lipinski definition) is 2. The molecule has 0 atom stereocenters. The van der Waals surface area contributed by atoms with Crippen LogP contribution in [0, 0.1) is 6.92 Å². The van der Waals surface area contributed by atoms with E-state index in [1.807, 2.05) is 24.6 Å². The minimum atomic E-state index is 0.771. The molecule has 0 aliphatic carbocycles. The lowest BCUT2D eigenvalue weighted by Gasteiger charge is -2.12. The van der Waals surface area contributed by atoms with Crippen LogP contribution in [0.3, 0.4) is 0 Å². The minimum absolute atomic E-state index is 0.771. The van der Waals surface area contributed by atoms with Gasteiger partial charge in [-0.1, -0.05) is 0 Å². The highest BCUT2D eigenvalue weighted by Crippen LogP contribution is 2.23. The summed E-state index contributed by atoms with van der Waals surface area (Å²) >= 11 is 0. The molecule has 64 valence electrons. The summed E-state index contributed by atoms with van der Waals surface area (Å²) in [6.45, 7) is 2.76. The largest absolute Gasteiger partial charge is 0.397 e. The van der Waals surface area contributed by atoms with E-state index in [0.29, 0.717) is 0 Å². The first-order chi connectivity index (χ1) is 5.70. The fraction of sp³-hybridized carbons (Fsp3) is 0.375. The first-order valence-corrected chi connectivity index (χ1v) is 3.93. The predicted octanol–water partition coefficient (Wildman–Crippen LogP) is 0.454. The van der Waals surface area contributed by atoms with Crippen molar-refractivity contribution in [2.24, 2.45) is 12.8 Å². The van der Waals surface area contributed by atoms with Crippen molar-refractivity contribution in [3.8, 4) is 0 Å². The second kappa shape index (κ2) is 2.27. The molecule has 0 aromatic carbocycles. The fourth-order valence-electron chi connectivity index (χ4n) is 1.37. The van der Waals surface area contributed by atoms with Gasteiger partial charge in [0.15, 0.2) is 0 Å². The molecule has 0 radical (unpaired) electrons. The average Bonchev–Trinajstić information content (AvgIpc) is 2.32. The summed E-state index contributed by atoms with van der Waals surface area (Å²) in [5.41, 5.74) is 7.42. The van der Waals surface area contributed by atoms with Gasteiger partial charge >= 0.3 is 0 Å². The molecule has 2 heterocycles. The molecule has 1 aromatic heterocycles. The van der Waals surface area contributed by atoms with E-state index in [4.69, 9.17) is 5.73 Å². The van der Waals surface area contributed by atoms with E-state index in [-0.39, 0.29) is 0 Å². The Labute approximate surface area is 71.1 Å². The number of imidazole rings is 1. The predicted molar refractivity (Wildman–Crippen MR) is 48.6 cm³/mol. The van der Waals surface area contributed by atoms with Crippen molar-refractivity contribution in [2.45, 2.75) is 6.92 Å². The molecule has 1 aliphatic heterocycles. The van der Waals surface area contributed by atoms with Crippen LogP contribution in [0.15, 0.2) is 6.08 Å². The normalized spacial score (nSPS) is 15.0. The molecule has 1 aliphatic rings. The summed E-state index contributed by atoms with van der Waals surface area (Å²) in [4.78, 5) is 4.34. The van der Waals surface area contributed by atoms with Gasteiger partial charge < -0.3 is 15.6 Å². The van der Waals surface area contributed by atoms with Gasteiger partial charge in [-0.05, 0) is 13.0 Å². The van der Waals surface area contributed by atoms with Crippen LogP contribution in [0.4, 0.5) is 5.82 Å². The van der Waals surface area contributed by atoms with Crippen LogP contribution >= 0.6 is 0 Å². The molecule has 3 N–H and O–H groups in total. The Hall–Kier alpha value is -1.45. The maximum atomic E-state index is 5.77. The summed E-state index contributed by atoms with van der Waals surface area (Å²) in [5.74, 6) is 2.00. The van der Waals surface area contributed by atoms with Gasteiger partial charge in [0.2, 0.25) is 0 Å². The van der Waals surface area contributed by atoms with Gasteiger partial charge in [-0.25, -0.2) is 4.98 Å². The summed E-state index contributed by atoms with van der Waals surface area (Å²) in [5, 5.41) is 3.23. The third-order valence-electron chi connectivity index (χ3n) is 2.18. The van der Waals surface area contributed by atoms with Crippen molar-refractivity contribution >= 4 is 11.5 Å². The molecular weight excluding hydrogens is 152 g/mol. The van der Waals surface area contributed by atoms with E-state index in [1.165, 1.54) is 0 Å². The number of anilines is 1. The summed E-state index contributed by atoms with van der Waals surface area (Å²) < 4.78 is 2.01. The first kappa shape index (κ1) is 7.21. The molecule has 0 bridgehead atoms. The number of aromatic nitrogens is 2. The van der Waals surface area contributed by atoms with Gasteiger partial charge in [0, 0.05) is 13.6 Å². The molecule has 0 amide bonds. The number of nitrogens with zero attached hydrogens (tertiary/aromatic N) is 2. The Balaban J connectivity index is 2.63. The van der Waals surface area contributed by atoms with Crippen LogP contribution in [-0.4, -0.2) is 16.1 Å². The second-order valence-electron chi connectivity index (χ2n) is 2.96. The number of fused-ring (bicyclic) bond motifs is 1. The number of nitrogens with one attached hydrogen (secondary N) is 1. The highest BCUT2D eigenvalue weighted by molar-refractivity contribution is 5.73. The molecule has 12 heavy (non-hydrogen) atoms. The third kappa shape index (κ3) is 0.809. The molecule has 4 nitrogen and oxygen atoms in total. The molecule has 0 fully saturated rings. The van der Waals surface area contributed by atoms with Crippen molar-refractivity contribution in [2.75, 3.05) is 11.9 Å². The summed E-state index contributed by atoms with van der Waals surface area (Å²) in [7, 11) is 1.98. The number of hydrogen-bond acceptors (Lipinski definition) is 3. The summed E-state index contributed by atoms with van der Waals surface area (Å²) in [6, 6.07) is 0. The lowest BCUT2D eigenvalue weighted by atomic mass is 10.2. The SMILES string of the molecule is Cc1nc2c(n1C)NCC=C2N. The van der Waals surface area contributed by atoms with Gasteiger partial charge in [0.25, 0.3) is 0 Å². The zero-order chi connectivity index (χ0) is 8.72. The lowest BCUT2D eigenvalue weighted by molar-refractivity contribution is 0.860. The Morgan fingerprint density at radius 1 is 1.67 bits per heavy atom. The summed E-state index contributed by atoms with van der Waals surface area (Å²) in [6.07, 6.45) is 1.94. The fourth-order valence-corrected chi connectivity index (χ4v) is 1.37. The number of aryl methyl sites for hydroxylation is 1. The molecular formula is C8H12N4. The highest BCUT2D eigenvalue weighted by Gasteiger charge is 2.16. The molecule has 4 heteroatoms. The minimum Gasteiger partial charge on any atom is -0.397 e. The Bertz CT molecular complexity index is 348. The van der Waals surface area contributed by atoms with Crippen LogP contribution in [-0.2, 0) is 7.05 Å². The Kier molecular flexibility index (Phi) is 1.36. The van der Waals surface area contributed by atoms with Crippen LogP contribution in [0.25, 0.3) is 5.70 Å². The van der Waals surface area contributed by atoms with Gasteiger partial charge in [-0.15, -0.1) is 0 Å². The van der Waals surface area contributed by atoms with Crippen molar-refractivity contribution in [1.82, 2.24) is 9.55 Å². The zero-order valence-corrected chi connectivity index (χ0v) is 7.26. The molecule has 2 rings (SSSR count). The van der Waals surface area contributed by atoms with Crippen molar-refractivity contribution in [3.05, 3.63) is 17.6 Å². The van der Waals surface area contributed by atoms with E-state index in [0.717, 1.165) is 29.6 Å². The first-order valence-electron chi connectivity index (χ1n) is 3.93. The smallest absolute Gasteiger partial charge is 0.135 e. The van der Waals surface area contributed by atoms with E-state index >= 15 is 0 Å². The van der Waals surface area contributed by atoms with Crippen LogP contribution in [0.5, 0.6) is 0 Å². The van der Waals surface area contributed by atoms with Crippen molar-refractivity contribution in [3.63, 3.8) is 0 Å².